The van der Waals surface area contributed by atoms with Crippen LogP contribution in [0, 0.1) is 0 Å². The quantitative estimate of drug-likeness (QED) is 0.545. The van der Waals surface area contributed by atoms with Crippen LogP contribution in [0.3, 0.4) is 0 Å². The van der Waals surface area contributed by atoms with Crippen molar-refractivity contribution in [1.82, 2.24) is 14.8 Å². The van der Waals surface area contributed by atoms with Crippen LogP contribution in [0.5, 0.6) is 5.75 Å². The minimum atomic E-state index is 0.0764. The van der Waals surface area contributed by atoms with E-state index in [-0.39, 0.29) is 11.8 Å². The molecule has 2 aromatic heterocycles. The molecule has 4 rings (SSSR count). The number of piperazine rings is 1. The molecule has 1 aliphatic rings. The van der Waals surface area contributed by atoms with Crippen LogP contribution in [0.1, 0.15) is 17.7 Å². The van der Waals surface area contributed by atoms with Crippen LogP contribution in [-0.2, 0) is 22.4 Å². The monoisotopic (exact) mass is 455 g/mol. The number of amides is 2. The Balaban J connectivity index is 1.22. The SMILES string of the molecule is COc1ccc(CCC(=O)N2CCN(C(=O)Cc3csc(-c4ccsc4)n3)CC2)cc1. The van der Waals surface area contributed by atoms with Crippen molar-refractivity contribution in [2.45, 2.75) is 19.3 Å². The first-order valence-corrected chi connectivity index (χ1v) is 12.1. The third-order valence-corrected chi connectivity index (χ3v) is 7.05. The number of hydrogen-bond donors (Lipinski definition) is 0. The Labute approximate surface area is 190 Å². The van der Waals surface area contributed by atoms with Gasteiger partial charge in [0.15, 0.2) is 0 Å². The van der Waals surface area contributed by atoms with E-state index in [0.717, 1.165) is 27.6 Å². The zero-order valence-corrected chi connectivity index (χ0v) is 19.1. The second-order valence-corrected chi connectivity index (χ2v) is 9.08. The first-order chi connectivity index (χ1) is 15.1. The number of benzene rings is 1. The summed E-state index contributed by atoms with van der Waals surface area (Å²) in [5, 5.41) is 7.01. The Kier molecular flexibility index (Phi) is 6.99. The molecule has 0 saturated carbocycles. The van der Waals surface area contributed by atoms with E-state index in [9.17, 15) is 9.59 Å². The number of methoxy groups -OCH3 is 1. The lowest BCUT2D eigenvalue weighted by Gasteiger charge is -2.34. The smallest absolute Gasteiger partial charge is 0.228 e. The average Bonchev–Trinajstić information content (AvgIpc) is 3.50. The molecule has 0 N–H and O–H groups in total. The highest BCUT2D eigenvalue weighted by atomic mass is 32.1. The van der Waals surface area contributed by atoms with Gasteiger partial charge in [-0.15, -0.1) is 11.3 Å². The lowest BCUT2D eigenvalue weighted by molar-refractivity contribution is -0.139. The lowest BCUT2D eigenvalue weighted by Crippen LogP contribution is -2.51. The Hall–Kier alpha value is -2.71. The van der Waals surface area contributed by atoms with Crippen LogP contribution < -0.4 is 4.74 Å². The number of aromatic nitrogens is 1. The second kappa shape index (κ2) is 10.1. The van der Waals surface area contributed by atoms with Gasteiger partial charge in [-0.3, -0.25) is 9.59 Å². The summed E-state index contributed by atoms with van der Waals surface area (Å²) in [6.45, 7) is 2.33. The predicted molar refractivity (Wildman–Crippen MR) is 124 cm³/mol. The molecule has 0 aliphatic carbocycles. The van der Waals surface area contributed by atoms with Gasteiger partial charge in [0.05, 0.1) is 19.2 Å². The lowest BCUT2D eigenvalue weighted by atomic mass is 10.1. The summed E-state index contributed by atoms with van der Waals surface area (Å²) in [7, 11) is 1.64. The second-order valence-electron chi connectivity index (χ2n) is 7.44. The molecular formula is C23H25N3O3S2. The van der Waals surface area contributed by atoms with Crippen LogP contribution in [0.4, 0.5) is 0 Å². The van der Waals surface area contributed by atoms with E-state index in [0.29, 0.717) is 45.4 Å². The molecule has 0 atom stereocenters. The van der Waals surface area contributed by atoms with Gasteiger partial charge in [0.25, 0.3) is 0 Å². The van der Waals surface area contributed by atoms with Gasteiger partial charge in [-0.1, -0.05) is 12.1 Å². The fourth-order valence-electron chi connectivity index (χ4n) is 3.58. The molecule has 2 amide bonds. The van der Waals surface area contributed by atoms with Gasteiger partial charge in [0.1, 0.15) is 10.8 Å². The highest BCUT2D eigenvalue weighted by Gasteiger charge is 2.24. The number of rotatable bonds is 7. The maximum Gasteiger partial charge on any atom is 0.228 e. The molecule has 1 fully saturated rings. The van der Waals surface area contributed by atoms with Gasteiger partial charge in [0, 0.05) is 48.9 Å². The van der Waals surface area contributed by atoms with Crippen molar-refractivity contribution in [2.75, 3.05) is 33.3 Å². The Bertz CT molecular complexity index is 1010. The van der Waals surface area contributed by atoms with Crippen molar-refractivity contribution in [1.29, 1.82) is 0 Å². The Morgan fingerprint density at radius 3 is 2.35 bits per heavy atom. The number of hydrogen-bond acceptors (Lipinski definition) is 6. The van der Waals surface area contributed by atoms with Crippen molar-refractivity contribution in [3.63, 3.8) is 0 Å². The summed E-state index contributed by atoms with van der Waals surface area (Å²) in [5.74, 6) is 1.03. The Morgan fingerprint density at radius 1 is 1.00 bits per heavy atom. The number of carbonyl (C=O) groups is 2. The number of thiazole rings is 1. The highest BCUT2D eigenvalue weighted by molar-refractivity contribution is 7.14. The van der Waals surface area contributed by atoms with E-state index < -0.39 is 0 Å². The van der Waals surface area contributed by atoms with Crippen LogP contribution >= 0.6 is 22.7 Å². The minimum absolute atomic E-state index is 0.0764. The molecule has 1 aromatic carbocycles. The topological polar surface area (TPSA) is 62.7 Å². The first kappa shape index (κ1) is 21.5. The summed E-state index contributed by atoms with van der Waals surface area (Å²) in [6.07, 6.45) is 1.49. The molecule has 3 heterocycles. The van der Waals surface area contributed by atoms with E-state index in [1.54, 1.807) is 29.8 Å². The van der Waals surface area contributed by atoms with Crippen molar-refractivity contribution < 1.29 is 14.3 Å². The van der Waals surface area contributed by atoms with Crippen LogP contribution in [0.2, 0.25) is 0 Å². The number of aryl methyl sites for hydroxylation is 1. The molecule has 162 valence electrons. The molecule has 0 bridgehead atoms. The largest absolute Gasteiger partial charge is 0.497 e. The minimum Gasteiger partial charge on any atom is -0.497 e. The fraction of sp³-hybridized carbons (Fsp3) is 0.348. The van der Waals surface area contributed by atoms with Gasteiger partial charge in [-0.2, -0.15) is 11.3 Å². The van der Waals surface area contributed by atoms with Gasteiger partial charge >= 0.3 is 0 Å². The van der Waals surface area contributed by atoms with E-state index >= 15 is 0 Å². The average molecular weight is 456 g/mol. The predicted octanol–water partition coefficient (Wildman–Crippen LogP) is 3.73. The van der Waals surface area contributed by atoms with Gasteiger partial charge in [0.2, 0.25) is 11.8 Å². The van der Waals surface area contributed by atoms with Gasteiger partial charge < -0.3 is 14.5 Å². The maximum absolute atomic E-state index is 12.7. The zero-order valence-electron chi connectivity index (χ0n) is 17.5. The zero-order chi connectivity index (χ0) is 21.6. The summed E-state index contributed by atoms with van der Waals surface area (Å²) in [6, 6.07) is 9.85. The molecule has 31 heavy (non-hydrogen) atoms. The van der Waals surface area contributed by atoms with Crippen LogP contribution in [-0.4, -0.2) is 59.9 Å². The molecule has 8 heteroatoms. The molecule has 0 spiro atoms. The summed E-state index contributed by atoms with van der Waals surface area (Å²) in [5.41, 5.74) is 3.04. The fourth-order valence-corrected chi connectivity index (χ4v) is 5.11. The van der Waals surface area contributed by atoms with E-state index in [2.05, 4.69) is 10.4 Å². The number of carbonyl (C=O) groups excluding carboxylic acids is 2. The van der Waals surface area contributed by atoms with Crippen molar-refractivity contribution >= 4 is 34.5 Å². The number of thiophene rings is 1. The number of nitrogens with zero attached hydrogens (tertiary/aromatic N) is 3. The molecule has 1 saturated heterocycles. The summed E-state index contributed by atoms with van der Waals surface area (Å²) in [4.78, 5) is 33.6. The van der Waals surface area contributed by atoms with Gasteiger partial charge in [-0.05, 0) is 35.6 Å². The third-order valence-electron chi connectivity index (χ3n) is 5.42. The standard InChI is InChI=1S/C23H25N3O3S2/c1-29-20-5-2-17(3-6-20)4-7-21(27)25-9-11-26(12-10-25)22(28)14-19-16-31-23(24-19)18-8-13-30-15-18/h2-3,5-6,8,13,15-16H,4,7,9-12,14H2,1H3. The van der Waals surface area contributed by atoms with Crippen molar-refractivity contribution in [2.24, 2.45) is 0 Å². The highest BCUT2D eigenvalue weighted by Crippen LogP contribution is 2.26. The number of ether oxygens (including phenoxy) is 1. The van der Waals surface area contributed by atoms with E-state index in [4.69, 9.17) is 4.74 Å². The van der Waals surface area contributed by atoms with Crippen LogP contribution in [0.25, 0.3) is 10.6 Å². The molecule has 3 aromatic rings. The first-order valence-electron chi connectivity index (χ1n) is 10.3. The summed E-state index contributed by atoms with van der Waals surface area (Å²) < 4.78 is 5.16. The molecule has 0 unspecified atom stereocenters. The molecule has 6 nitrogen and oxygen atoms in total. The van der Waals surface area contributed by atoms with E-state index in [1.807, 2.05) is 50.9 Å². The van der Waals surface area contributed by atoms with Crippen molar-refractivity contribution in [3.05, 3.63) is 57.7 Å². The van der Waals surface area contributed by atoms with Crippen LogP contribution in [0.15, 0.2) is 46.5 Å². The van der Waals surface area contributed by atoms with E-state index in [1.165, 1.54) is 0 Å². The Morgan fingerprint density at radius 2 is 1.71 bits per heavy atom. The summed E-state index contributed by atoms with van der Waals surface area (Å²) >= 11 is 3.21. The molecule has 1 aliphatic heterocycles. The third kappa shape index (κ3) is 5.51. The maximum atomic E-state index is 12.7. The molecule has 0 radical (unpaired) electrons. The van der Waals surface area contributed by atoms with Crippen molar-refractivity contribution in [3.8, 4) is 16.3 Å². The van der Waals surface area contributed by atoms with Gasteiger partial charge in [-0.25, -0.2) is 4.98 Å². The normalized spacial score (nSPS) is 14.0. The molecular weight excluding hydrogens is 430 g/mol.